The van der Waals surface area contributed by atoms with Crippen LogP contribution in [0.5, 0.6) is 0 Å². The van der Waals surface area contributed by atoms with Crippen LogP contribution >= 0.6 is 0 Å². The van der Waals surface area contributed by atoms with Crippen molar-refractivity contribution >= 4 is 12.2 Å². The summed E-state index contributed by atoms with van der Waals surface area (Å²) in [5.74, 6) is 0.543. The molecule has 1 aromatic heterocycles. The molecule has 9 nitrogen and oxygen atoms in total. The molecule has 0 spiro atoms. The van der Waals surface area contributed by atoms with E-state index in [1.165, 1.54) is 12.8 Å². The molecule has 1 aliphatic carbocycles. The molecule has 0 bridgehead atoms. The molecule has 4 rings (SSSR count). The molecule has 2 fully saturated rings. The van der Waals surface area contributed by atoms with E-state index in [4.69, 9.17) is 9.47 Å². The molecule has 1 saturated carbocycles. The first-order chi connectivity index (χ1) is 15.8. The summed E-state index contributed by atoms with van der Waals surface area (Å²) < 4.78 is 13.0. The van der Waals surface area contributed by atoms with E-state index >= 15 is 0 Å². The van der Waals surface area contributed by atoms with Crippen LogP contribution in [-0.2, 0) is 22.6 Å². The highest BCUT2D eigenvalue weighted by molar-refractivity contribution is 5.71. The topological polar surface area (TPSA) is 89.8 Å². The van der Waals surface area contributed by atoms with Crippen LogP contribution in [0.4, 0.5) is 9.59 Å². The highest BCUT2D eigenvalue weighted by atomic mass is 16.6. The maximum atomic E-state index is 12.9. The van der Waals surface area contributed by atoms with Crippen molar-refractivity contribution in [3.63, 3.8) is 0 Å². The van der Waals surface area contributed by atoms with Gasteiger partial charge >= 0.3 is 12.2 Å². The van der Waals surface area contributed by atoms with Crippen molar-refractivity contribution in [3.8, 4) is 0 Å². The van der Waals surface area contributed by atoms with Gasteiger partial charge in [0.25, 0.3) is 0 Å². The number of aryl methyl sites for hydroxylation is 1. The van der Waals surface area contributed by atoms with Gasteiger partial charge in [-0.1, -0.05) is 35.5 Å². The molecular weight excluding hydrogens is 422 g/mol. The summed E-state index contributed by atoms with van der Waals surface area (Å²) in [6.45, 7) is 7.57. The van der Waals surface area contributed by atoms with Crippen LogP contribution in [0, 0.1) is 0 Å². The Kier molecular flexibility index (Phi) is 6.85. The summed E-state index contributed by atoms with van der Waals surface area (Å²) in [7, 11) is 0. The van der Waals surface area contributed by atoms with Crippen LogP contribution in [0.3, 0.4) is 0 Å². The van der Waals surface area contributed by atoms with Crippen LogP contribution in [0.25, 0.3) is 0 Å². The van der Waals surface area contributed by atoms with Crippen molar-refractivity contribution in [1.82, 2.24) is 24.8 Å². The van der Waals surface area contributed by atoms with Gasteiger partial charge in [0.15, 0.2) is 0 Å². The number of nitrogens with zero attached hydrogens (tertiary/aromatic N) is 5. The van der Waals surface area contributed by atoms with Crippen molar-refractivity contribution in [3.05, 3.63) is 47.8 Å². The summed E-state index contributed by atoms with van der Waals surface area (Å²) >= 11 is 0. The summed E-state index contributed by atoms with van der Waals surface area (Å²) in [5.41, 5.74) is 1.39. The maximum absolute atomic E-state index is 12.9. The van der Waals surface area contributed by atoms with Crippen molar-refractivity contribution in [2.75, 3.05) is 19.6 Å². The Morgan fingerprint density at radius 2 is 1.85 bits per heavy atom. The molecule has 2 amide bonds. The largest absolute Gasteiger partial charge is 0.445 e. The monoisotopic (exact) mass is 455 g/mol. The van der Waals surface area contributed by atoms with Crippen LogP contribution < -0.4 is 0 Å². The van der Waals surface area contributed by atoms with E-state index in [1.807, 2.05) is 62.0 Å². The third-order valence-electron chi connectivity index (χ3n) is 5.82. The number of amides is 2. The Morgan fingerprint density at radius 3 is 2.55 bits per heavy atom. The Bertz CT molecular complexity index is 951. The lowest BCUT2D eigenvalue weighted by Crippen LogP contribution is -2.57. The van der Waals surface area contributed by atoms with Gasteiger partial charge in [0, 0.05) is 38.3 Å². The number of carbonyl (C=O) groups excluding carboxylic acids is 2. The van der Waals surface area contributed by atoms with Gasteiger partial charge in [0.05, 0.1) is 11.7 Å². The van der Waals surface area contributed by atoms with Gasteiger partial charge in [0.2, 0.25) is 0 Å². The zero-order chi connectivity index (χ0) is 23.4. The maximum Gasteiger partial charge on any atom is 0.410 e. The van der Waals surface area contributed by atoms with Gasteiger partial charge in [-0.05, 0) is 45.6 Å². The van der Waals surface area contributed by atoms with E-state index < -0.39 is 5.60 Å². The molecule has 1 aliphatic heterocycles. The smallest absolute Gasteiger partial charge is 0.410 e. The molecule has 2 aromatic rings. The second kappa shape index (κ2) is 9.80. The average molecular weight is 456 g/mol. The van der Waals surface area contributed by atoms with Gasteiger partial charge in [0.1, 0.15) is 12.2 Å². The van der Waals surface area contributed by atoms with Gasteiger partial charge in [-0.2, -0.15) is 0 Å². The standard InChI is InChI=1S/C24H33N5O4/c1-24(2,3)33-23(31)29-14-13-27(22(30)32-17-18-7-5-4-6-8-18)15-20(29)11-12-28-16-21(25-26-28)19-9-10-19/h4-8,16,19-20H,9-15,17H2,1-3H3/t20-/m1/s1. The number of rotatable bonds is 6. The SMILES string of the molecule is CC(C)(C)OC(=O)N1CCN(C(=O)OCc2ccccc2)C[C@H]1CCn1cc(C2CC2)nn1. The first-order valence-corrected chi connectivity index (χ1v) is 11.6. The van der Waals surface area contributed by atoms with Gasteiger partial charge in [-0.15, -0.1) is 5.10 Å². The molecule has 0 radical (unpaired) electrons. The molecule has 0 N–H and O–H groups in total. The molecule has 0 unspecified atom stereocenters. The minimum absolute atomic E-state index is 0.202. The quantitative estimate of drug-likeness (QED) is 0.658. The lowest BCUT2D eigenvalue weighted by Gasteiger charge is -2.41. The molecule has 2 aliphatic rings. The molecule has 178 valence electrons. The molecule has 9 heteroatoms. The van der Waals surface area contributed by atoms with E-state index in [0.29, 0.717) is 38.5 Å². The number of piperazine rings is 1. The number of carbonyl (C=O) groups is 2. The first-order valence-electron chi connectivity index (χ1n) is 11.6. The predicted molar refractivity (Wildman–Crippen MR) is 122 cm³/mol. The first kappa shape index (κ1) is 23.1. The number of benzene rings is 1. The van der Waals surface area contributed by atoms with Crippen molar-refractivity contribution in [2.45, 2.75) is 70.7 Å². The lowest BCUT2D eigenvalue weighted by molar-refractivity contribution is -0.00515. The fourth-order valence-corrected chi connectivity index (χ4v) is 3.91. The molecule has 33 heavy (non-hydrogen) atoms. The zero-order valence-corrected chi connectivity index (χ0v) is 19.6. The van der Waals surface area contributed by atoms with E-state index in [1.54, 1.807) is 9.80 Å². The second-order valence-corrected chi connectivity index (χ2v) is 9.78. The van der Waals surface area contributed by atoms with E-state index in [0.717, 1.165) is 11.3 Å². The number of hydrogen-bond acceptors (Lipinski definition) is 6. The van der Waals surface area contributed by atoms with Crippen molar-refractivity contribution < 1.29 is 19.1 Å². The summed E-state index contributed by atoms with van der Waals surface area (Å²) in [6.07, 6.45) is 4.24. The van der Waals surface area contributed by atoms with Crippen molar-refractivity contribution in [2.24, 2.45) is 0 Å². The minimum atomic E-state index is -0.585. The third kappa shape index (κ3) is 6.46. The molecular formula is C24H33N5O4. The van der Waals surface area contributed by atoms with Crippen LogP contribution in [0.2, 0.25) is 0 Å². The molecule has 1 aromatic carbocycles. The number of aromatic nitrogens is 3. The third-order valence-corrected chi connectivity index (χ3v) is 5.82. The average Bonchev–Trinajstić information content (AvgIpc) is 3.53. The Morgan fingerprint density at radius 1 is 1.09 bits per heavy atom. The van der Waals surface area contributed by atoms with Gasteiger partial charge in [-0.3, -0.25) is 4.68 Å². The minimum Gasteiger partial charge on any atom is -0.445 e. The fourth-order valence-electron chi connectivity index (χ4n) is 3.91. The number of hydrogen-bond donors (Lipinski definition) is 0. The summed E-state index contributed by atoms with van der Waals surface area (Å²) in [4.78, 5) is 29.0. The number of ether oxygens (including phenoxy) is 2. The molecule has 1 saturated heterocycles. The second-order valence-electron chi connectivity index (χ2n) is 9.78. The van der Waals surface area contributed by atoms with Crippen molar-refractivity contribution in [1.29, 1.82) is 0 Å². The molecule has 2 heterocycles. The fraction of sp³-hybridized carbons (Fsp3) is 0.583. The zero-order valence-electron chi connectivity index (χ0n) is 19.6. The Hall–Kier alpha value is -3.10. The lowest BCUT2D eigenvalue weighted by atomic mass is 10.1. The summed E-state index contributed by atoms with van der Waals surface area (Å²) in [5, 5.41) is 8.50. The molecule has 1 atom stereocenters. The highest BCUT2D eigenvalue weighted by Gasteiger charge is 2.35. The van der Waals surface area contributed by atoms with Crippen LogP contribution in [-0.4, -0.2) is 68.3 Å². The van der Waals surface area contributed by atoms with E-state index in [2.05, 4.69) is 10.3 Å². The predicted octanol–water partition coefficient (Wildman–Crippen LogP) is 3.80. The van der Waals surface area contributed by atoms with E-state index in [-0.39, 0.29) is 24.8 Å². The van der Waals surface area contributed by atoms with Gasteiger partial charge < -0.3 is 19.3 Å². The highest BCUT2D eigenvalue weighted by Crippen LogP contribution is 2.38. The Balaban J connectivity index is 1.38. The Labute approximate surface area is 194 Å². The van der Waals surface area contributed by atoms with Gasteiger partial charge in [-0.25, -0.2) is 9.59 Å². The van der Waals surface area contributed by atoms with Crippen LogP contribution in [0.1, 0.15) is 57.2 Å². The van der Waals surface area contributed by atoms with E-state index in [9.17, 15) is 9.59 Å². The van der Waals surface area contributed by atoms with Crippen LogP contribution in [0.15, 0.2) is 36.5 Å². The summed E-state index contributed by atoms with van der Waals surface area (Å²) in [6, 6.07) is 9.39. The normalized spacial score (nSPS) is 18.8.